The van der Waals surface area contributed by atoms with Gasteiger partial charge in [-0.25, -0.2) is 4.39 Å². The van der Waals surface area contributed by atoms with E-state index < -0.39 is 6.10 Å². The molecule has 2 heterocycles. The summed E-state index contributed by atoms with van der Waals surface area (Å²) in [4.78, 5) is 11.0. The van der Waals surface area contributed by atoms with Crippen LogP contribution in [0.15, 0.2) is 30.5 Å². The van der Waals surface area contributed by atoms with Crippen LogP contribution in [0, 0.1) is 5.82 Å². The molecule has 1 aromatic carbocycles. The molecule has 5 nitrogen and oxygen atoms in total. The van der Waals surface area contributed by atoms with Crippen molar-refractivity contribution >= 4 is 10.9 Å². The van der Waals surface area contributed by atoms with Crippen LogP contribution in [0.1, 0.15) is 5.56 Å². The number of aromatic nitrogens is 1. The molecule has 1 aromatic heterocycles. The van der Waals surface area contributed by atoms with Crippen LogP contribution in [0.25, 0.3) is 10.9 Å². The van der Waals surface area contributed by atoms with Gasteiger partial charge in [0.25, 0.3) is 0 Å². The summed E-state index contributed by atoms with van der Waals surface area (Å²) in [7, 11) is 4.08. The van der Waals surface area contributed by atoms with Gasteiger partial charge in [0, 0.05) is 57.4 Å². The maximum atomic E-state index is 13.8. The minimum Gasteiger partial charge on any atom is -0.390 e. The fourth-order valence-corrected chi connectivity index (χ4v) is 3.45. The van der Waals surface area contributed by atoms with Gasteiger partial charge < -0.3 is 10.0 Å². The summed E-state index contributed by atoms with van der Waals surface area (Å²) < 4.78 is 13.8. The number of aliphatic hydroxyl groups is 1. The van der Waals surface area contributed by atoms with E-state index in [1.54, 1.807) is 12.3 Å². The van der Waals surface area contributed by atoms with E-state index in [4.69, 9.17) is 0 Å². The minimum absolute atomic E-state index is 0.248. The van der Waals surface area contributed by atoms with Crippen molar-refractivity contribution in [3.63, 3.8) is 0 Å². The lowest BCUT2D eigenvalue weighted by Gasteiger charge is -2.34. The number of pyridine rings is 1. The molecular formula is C19H27FN4O. The van der Waals surface area contributed by atoms with Crippen molar-refractivity contribution in [1.29, 1.82) is 0 Å². The molecule has 0 bridgehead atoms. The Bertz CT molecular complexity index is 703. The summed E-state index contributed by atoms with van der Waals surface area (Å²) in [6.45, 7) is 5.88. The SMILES string of the molecule is CN1CCN(CC(O)CN(C)Cc2cc(F)cc3cccnc23)CC1. The number of piperazine rings is 1. The summed E-state index contributed by atoms with van der Waals surface area (Å²) in [5.41, 5.74) is 1.68. The summed E-state index contributed by atoms with van der Waals surface area (Å²) >= 11 is 0. The van der Waals surface area contributed by atoms with Gasteiger partial charge in [-0.05, 0) is 37.9 Å². The lowest BCUT2D eigenvalue weighted by Crippen LogP contribution is -2.48. The van der Waals surface area contributed by atoms with E-state index in [2.05, 4.69) is 21.8 Å². The van der Waals surface area contributed by atoms with Gasteiger partial charge in [-0.2, -0.15) is 0 Å². The number of nitrogens with zero attached hydrogens (tertiary/aromatic N) is 4. The zero-order chi connectivity index (χ0) is 17.8. The average molecular weight is 346 g/mol. The van der Waals surface area contributed by atoms with Gasteiger partial charge >= 0.3 is 0 Å². The van der Waals surface area contributed by atoms with Crippen molar-refractivity contribution in [1.82, 2.24) is 19.7 Å². The Morgan fingerprint density at radius 2 is 2.04 bits per heavy atom. The summed E-state index contributed by atoms with van der Waals surface area (Å²) in [5.74, 6) is -0.248. The lowest BCUT2D eigenvalue weighted by atomic mass is 10.1. The molecule has 0 spiro atoms. The number of likely N-dealkylation sites (N-methyl/N-ethyl adjacent to an activating group) is 2. The third-order valence-corrected chi connectivity index (χ3v) is 4.78. The van der Waals surface area contributed by atoms with Gasteiger partial charge in [0.1, 0.15) is 5.82 Å². The maximum absolute atomic E-state index is 13.8. The van der Waals surface area contributed by atoms with Gasteiger partial charge in [-0.3, -0.25) is 14.8 Å². The first-order valence-corrected chi connectivity index (χ1v) is 8.82. The number of hydrogen-bond acceptors (Lipinski definition) is 5. The standard InChI is InChI=1S/C19H27FN4O/c1-22-6-8-24(9-7-22)14-18(25)13-23(2)12-16-11-17(20)10-15-4-3-5-21-19(15)16/h3-5,10-11,18,25H,6-9,12-14H2,1-2H3. The predicted molar refractivity (Wildman–Crippen MR) is 98.0 cm³/mol. The summed E-state index contributed by atoms with van der Waals surface area (Å²) in [5, 5.41) is 11.2. The van der Waals surface area contributed by atoms with E-state index >= 15 is 0 Å². The first-order valence-electron chi connectivity index (χ1n) is 8.82. The fraction of sp³-hybridized carbons (Fsp3) is 0.526. The van der Waals surface area contributed by atoms with Crippen LogP contribution in [0.5, 0.6) is 0 Å². The Labute approximate surface area is 148 Å². The Morgan fingerprint density at radius 1 is 1.28 bits per heavy atom. The highest BCUT2D eigenvalue weighted by molar-refractivity contribution is 5.81. The molecule has 0 amide bonds. The zero-order valence-electron chi connectivity index (χ0n) is 15.0. The van der Waals surface area contributed by atoms with Crippen LogP contribution in [-0.2, 0) is 6.54 Å². The second-order valence-corrected chi connectivity index (χ2v) is 7.09. The van der Waals surface area contributed by atoms with Crippen LogP contribution in [-0.4, -0.2) is 84.3 Å². The predicted octanol–water partition coefficient (Wildman–Crippen LogP) is 1.41. The van der Waals surface area contributed by atoms with Crippen molar-refractivity contribution in [2.75, 3.05) is 53.4 Å². The maximum Gasteiger partial charge on any atom is 0.124 e. The lowest BCUT2D eigenvalue weighted by molar-refractivity contribution is 0.0594. The molecule has 1 saturated heterocycles. The second kappa shape index (κ2) is 8.19. The smallest absolute Gasteiger partial charge is 0.124 e. The van der Waals surface area contributed by atoms with Crippen LogP contribution >= 0.6 is 0 Å². The first-order chi connectivity index (χ1) is 12.0. The van der Waals surface area contributed by atoms with Crippen LogP contribution in [0.4, 0.5) is 4.39 Å². The van der Waals surface area contributed by atoms with E-state index in [0.29, 0.717) is 19.6 Å². The number of fused-ring (bicyclic) bond motifs is 1. The molecule has 2 aromatic rings. The normalized spacial score (nSPS) is 18.1. The van der Waals surface area contributed by atoms with Crippen LogP contribution < -0.4 is 0 Å². The van der Waals surface area contributed by atoms with E-state index in [0.717, 1.165) is 42.6 Å². The molecule has 1 N–H and O–H groups in total. The van der Waals surface area contributed by atoms with Crippen molar-refractivity contribution in [3.05, 3.63) is 41.8 Å². The van der Waals surface area contributed by atoms with Gasteiger partial charge in [0.15, 0.2) is 0 Å². The monoisotopic (exact) mass is 346 g/mol. The second-order valence-electron chi connectivity index (χ2n) is 7.09. The van der Waals surface area contributed by atoms with Crippen LogP contribution in [0.3, 0.4) is 0 Å². The Balaban J connectivity index is 1.58. The molecule has 1 atom stereocenters. The number of hydrogen-bond donors (Lipinski definition) is 1. The molecule has 1 aliphatic rings. The molecule has 1 unspecified atom stereocenters. The van der Waals surface area contributed by atoms with E-state index in [1.165, 1.54) is 6.07 Å². The largest absolute Gasteiger partial charge is 0.390 e. The molecule has 3 rings (SSSR count). The number of rotatable bonds is 6. The number of aliphatic hydroxyl groups excluding tert-OH is 1. The van der Waals surface area contributed by atoms with Crippen molar-refractivity contribution in [2.24, 2.45) is 0 Å². The molecular weight excluding hydrogens is 319 g/mol. The molecule has 0 radical (unpaired) electrons. The van der Waals surface area contributed by atoms with Gasteiger partial charge in [-0.1, -0.05) is 6.07 Å². The van der Waals surface area contributed by atoms with Gasteiger partial charge in [0.2, 0.25) is 0 Å². The molecule has 6 heteroatoms. The highest BCUT2D eigenvalue weighted by Crippen LogP contribution is 2.19. The topological polar surface area (TPSA) is 42.8 Å². The van der Waals surface area contributed by atoms with Crippen molar-refractivity contribution in [3.8, 4) is 0 Å². The Hall–Kier alpha value is -1.60. The van der Waals surface area contributed by atoms with Crippen LogP contribution in [0.2, 0.25) is 0 Å². The fourth-order valence-electron chi connectivity index (χ4n) is 3.45. The van der Waals surface area contributed by atoms with Gasteiger partial charge in [0.05, 0.1) is 11.6 Å². The van der Waals surface area contributed by atoms with E-state index in [1.807, 2.05) is 24.1 Å². The van der Waals surface area contributed by atoms with E-state index in [9.17, 15) is 9.50 Å². The number of β-amino-alcohol motifs (C(OH)–C–C–N with tert-alkyl or cyclic N) is 1. The molecule has 25 heavy (non-hydrogen) atoms. The minimum atomic E-state index is -0.416. The van der Waals surface area contributed by atoms with E-state index in [-0.39, 0.29) is 5.82 Å². The third-order valence-electron chi connectivity index (χ3n) is 4.78. The van der Waals surface area contributed by atoms with Crippen molar-refractivity contribution < 1.29 is 9.50 Å². The highest BCUT2D eigenvalue weighted by Gasteiger charge is 2.18. The Morgan fingerprint density at radius 3 is 2.80 bits per heavy atom. The molecule has 0 saturated carbocycles. The first kappa shape index (κ1) is 18.2. The zero-order valence-corrected chi connectivity index (χ0v) is 15.0. The summed E-state index contributed by atoms with van der Waals surface area (Å²) in [6, 6.07) is 6.74. The highest BCUT2D eigenvalue weighted by atomic mass is 19.1. The quantitative estimate of drug-likeness (QED) is 0.857. The molecule has 136 valence electrons. The Kier molecular flexibility index (Phi) is 5.96. The number of halogens is 1. The summed E-state index contributed by atoms with van der Waals surface area (Å²) in [6.07, 6.45) is 1.31. The van der Waals surface area contributed by atoms with Gasteiger partial charge in [-0.15, -0.1) is 0 Å². The van der Waals surface area contributed by atoms with Crippen molar-refractivity contribution in [2.45, 2.75) is 12.6 Å². The molecule has 1 aliphatic heterocycles. The molecule has 1 fully saturated rings. The molecule has 0 aliphatic carbocycles. The average Bonchev–Trinajstić information content (AvgIpc) is 2.56. The number of benzene rings is 1. The third kappa shape index (κ3) is 4.95.